The molecule has 0 radical (unpaired) electrons. The zero-order valence-corrected chi connectivity index (χ0v) is 11.2. The highest BCUT2D eigenvalue weighted by atomic mass is 16.3. The predicted octanol–water partition coefficient (Wildman–Crippen LogP) is 0.727. The monoisotopic (exact) mass is 292 g/mol. The molecule has 3 aromatic heterocycles. The molecule has 0 spiro atoms. The zero-order valence-electron chi connectivity index (χ0n) is 11.2. The summed E-state index contributed by atoms with van der Waals surface area (Å²) in [7, 11) is 0. The molecule has 0 aliphatic heterocycles. The van der Waals surface area contributed by atoms with E-state index in [1.165, 1.54) is 10.7 Å². The molecule has 1 aromatic carbocycles. The van der Waals surface area contributed by atoms with Gasteiger partial charge in [-0.25, -0.2) is 19.2 Å². The van der Waals surface area contributed by atoms with Crippen molar-refractivity contribution in [3.63, 3.8) is 0 Å². The third kappa shape index (κ3) is 1.69. The molecule has 0 bridgehead atoms. The molecular formula is C14H8N6O2. The summed E-state index contributed by atoms with van der Waals surface area (Å²) < 4.78 is 7.97. The zero-order chi connectivity index (χ0) is 15.1. The quantitative estimate of drug-likeness (QED) is 0.506. The lowest BCUT2D eigenvalue weighted by Crippen LogP contribution is -2.29. The number of terminal acetylenes is 1. The Morgan fingerprint density at radius 2 is 2.18 bits per heavy atom. The highest BCUT2D eigenvalue weighted by Gasteiger charge is 2.17. The van der Waals surface area contributed by atoms with E-state index in [1.54, 1.807) is 6.07 Å². The van der Waals surface area contributed by atoms with Crippen LogP contribution >= 0.6 is 0 Å². The largest absolute Gasteiger partial charge is 0.435 e. The Morgan fingerprint density at radius 3 is 3.00 bits per heavy atom. The van der Waals surface area contributed by atoms with E-state index in [0.717, 1.165) is 4.68 Å². The van der Waals surface area contributed by atoms with E-state index in [-0.39, 0.29) is 18.1 Å². The third-order valence-corrected chi connectivity index (χ3v) is 3.15. The van der Waals surface area contributed by atoms with Crippen LogP contribution in [0.15, 0.2) is 39.8 Å². The minimum atomic E-state index is -0.419. The number of benzene rings is 1. The number of oxazole rings is 1. The van der Waals surface area contributed by atoms with Crippen molar-refractivity contribution >= 4 is 16.7 Å². The fraction of sp³-hybridized carbons (Fsp3) is 0.0714. The van der Waals surface area contributed by atoms with E-state index in [9.17, 15) is 4.79 Å². The predicted molar refractivity (Wildman–Crippen MR) is 76.9 cm³/mol. The minimum Gasteiger partial charge on any atom is -0.435 e. The van der Waals surface area contributed by atoms with Crippen LogP contribution in [-0.4, -0.2) is 29.4 Å². The van der Waals surface area contributed by atoms with E-state index in [1.807, 2.05) is 18.2 Å². The lowest BCUT2D eigenvalue weighted by molar-refractivity contribution is 0.576. The van der Waals surface area contributed by atoms with Gasteiger partial charge in [0.2, 0.25) is 5.89 Å². The second-order valence-corrected chi connectivity index (χ2v) is 4.51. The van der Waals surface area contributed by atoms with E-state index in [0.29, 0.717) is 16.8 Å². The van der Waals surface area contributed by atoms with E-state index < -0.39 is 5.69 Å². The van der Waals surface area contributed by atoms with Crippen LogP contribution in [0.5, 0.6) is 0 Å². The summed E-state index contributed by atoms with van der Waals surface area (Å²) in [6, 6.07) is 7.33. The Labute approximate surface area is 123 Å². The van der Waals surface area contributed by atoms with Crippen molar-refractivity contribution in [3.05, 3.63) is 41.1 Å². The van der Waals surface area contributed by atoms with E-state index in [4.69, 9.17) is 10.8 Å². The topological polar surface area (TPSA) is 91.1 Å². The fourth-order valence-corrected chi connectivity index (χ4v) is 2.15. The number of nitrogens with zero attached hydrogens (tertiary/aromatic N) is 6. The number of imidazole rings is 1. The first-order valence-corrected chi connectivity index (χ1v) is 6.38. The molecule has 8 nitrogen and oxygen atoms in total. The molecule has 0 N–H and O–H groups in total. The Bertz CT molecular complexity index is 1060. The average Bonchev–Trinajstić information content (AvgIpc) is 3.13. The summed E-state index contributed by atoms with van der Waals surface area (Å²) >= 11 is 0. The van der Waals surface area contributed by atoms with Gasteiger partial charge in [-0.15, -0.1) is 11.5 Å². The highest BCUT2D eigenvalue weighted by molar-refractivity contribution is 5.78. The SMILES string of the molecule is C#CCn1nnc2c(-c3nc4ccccc4o3)ncn2c1=O. The lowest BCUT2D eigenvalue weighted by atomic mass is 10.3. The number of rotatable bonds is 2. The molecule has 4 rings (SSSR count). The first-order chi connectivity index (χ1) is 10.8. The first kappa shape index (κ1) is 12.3. The number of aromatic nitrogens is 6. The van der Waals surface area contributed by atoms with Gasteiger partial charge in [0.25, 0.3) is 0 Å². The normalized spacial score (nSPS) is 11.0. The maximum Gasteiger partial charge on any atom is 0.353 e. The van der Waals surface area contributed by atoms with Gasteiger partial charge in [0.1, 0.15) is 18.4 Å². The van der Waals surface area contributed by atoms with Crippen LogP contribution in [0.2, 0.25) is 0 Å². The summed E-state index contributed by atoms with van der Waals surface area (Å²) in [5.41, 5.74) is 1.54. The summed E-state index contributed by atoms with van der Waals surface area (Å²) in [6.45, 7) is 0.0399. The van der Waals surface area contributed by atoms with Gasteiger partial charge in [0.15, 0.2) is 16.9 Å². The summed E-state index contributed by atoms with van der Waals surface area (Å²) in [6.07, 6.45) is 6.54. The maximum absolute atomic E-state index is 12.2. The van der Waals surface area contributed by atoms with E-state index >= 15 is 0 Å². The van der Waals surface area contributed by atoms with Crippen LogP contribution < -0.4 is 5.69 Å². The Balaban J connectivity index is 1.94. The van der Waals surface area contributed by atoms with Gasteiger partial charge in [-0.1, -0.05) is 23.3 Å². The van der Waals surface area contributed by atoms with Gasteiger partial charge in [-0.3, -0.25) is 0 Å². The number of hydrogen-bond donors (Lipinski definition) is 0. The minimum absolute atomic E-state index is 0.0399. The van der Waals surface area contributed by atoms with Gasteiger partial charge in [0.05, 0.1) is 0 Å². The number of fused-ring (bicyclic) bond motifs is 2. The fourth-order valence-electron chi connectivity index (χ4n) is 2.15. The number of para-hydroxylation sites is 2. The summed E-state index contributed by atoms with van der Waals surface area (Å²) in [5, 5.41) is 7.77. The van der Waals surface area contributed by atoms with Crippen molar-refractivity contribution in [3.8, 4) is 23.9 Å². The smallest absolute Gasteiger partial charge is 0.353 e. The molecule has 0 saturated heterocycles. The molecule has 106 valence electrons. The van der Waals surface area contributed by atoms with Crippen molar-refractivity contribution in [1.82, 2.24) is 29.4 Å². The molecule has 3 heterocycles. The Kier molecular flexibility index (Phi) is 2.53. The lowest BCUT2D eigenvalue weighted by Gasteiger charge is -1.98. The van der Waals surface area contributed by atoms with Gasteiger partial charge >= 0.3 is 5.69 Å². The second-order valence-electron chi connectivity index (χ2n) is 4.51. The average molecular weight is 292 g/mol. The Morgan fingerprint density at radius 1 is 1.32 bits per heavy atom. The van der Waals surface area contributed by atoms with Crippen LogP contribution in [0, 0.1) is 12.3 Å². The van der Waals surface area contributed by atoms with E-state index in [2.05, 4.69) is 26.2 Å². The van der Waals surface area contributed by atoms with Crippen LogP contribution in [-0.2, 0) is 6.54 Å². The van der Waals surface area contributed by atoms with Crippen molar-refractivity contribution in [2.45, 2.75) is 6.54 Å². The molecular weight excluding hydrogens is 284 g/mol. The number of hydrogen-bond acceptors (Lipinski definition) is 6. The molecule has 8 heteroatoms. The molecule has 0 saturated carbocycles. The molecule has 0 unspecified atom stereocenters. The summed E-state index contributed by atoms with van der Waals surface area (Å²) in [4.78, 5) is 20.7. The Hall–Kier alpha value is -3.47. The van der Waals surface area contributed by atoms with Crippen molar-refractivity contribution in [1.29, 1.82) is 0 Å². The second kappa shape index (κ2) is 4.53. The molecule has 0 atom stereocenters. The van der Waals surface area contributed by atoms with Gasteiger partial charge in [0, 0.05) is 0 Å². The van der Waals surface area contributed by atoms with Crippen LogP contribution in [0.25, 0.3) is 28.3 Å². The van der Waals surface area contributed by atoms with Crippen LogP contribution in [0.3, 0.4) is 0 Å². The van der Waals surface area contributed by atoms with Crippen molar-refractivity contribution in [2.75, 3.05) is 0 Å². The van der Waals surface area contributed by atoms with Crippen molar-refractivity contribution in [2.24, 2.45) is 0 Å². The molecule has 22 heavy (non-hydrogen) atoms. The summed E-state index contributed by atoms with van der Waals surface area (Å²) in [5.74, 6) is 2.63. The highest BCUT2D eigenvalue weighted by Crippen LogP contribution is 2.24. The molecule has 4 aromatic rings. The third-order valence-electron chi connectivity index (χ3n) is 3.15. The van der Waals surface area contributed by atoms with Gasteiger partial charge in [-0.2, -0.15) is 4.68 Å². The first-order valence-electron chi connectivity index (χ1n) is 6.38. The van der Waals surface area contributed by atoms with Crippen LogP contribution in [0.4, 0.5) is 0 Å². The van der Waals surface area contributed by atoms with Crippen molar-refractivity contribution < 1.29 is 4.42 Å². The standard InChI is InChI=1S/C14H8N6O2/c1-2-7-20-14(21)19-8-15-11(12(19)17-18-20)13-16-9-5-3-4-6-10(9)22-13/h1,3-6,8H,7H2. The van der Waals surface area contributed by atoms with Crippen LogP contribution in [0.1, 0.15) is 0 Å². The molecule has 0 fully saturated rings. The molecule has 0 amide bonds. The van der Waals surface area contributed by atoms with Gasteiger partial charge < -0.3 is 4.42 Å². The molecule has 0 aliphatic carbocycles. The maximum atomic E-state index is 12.2. The van der Waals surface area contributed by atoms with Gasteiger partial charge in [-0.05, 0) is 12.1 Å². The molecule has 0 aliphatic rings.